The molecule has 0 radical (unpaired) electrons. The van der Waals surface area contributed by atoms with E-state index in [4.69, 9.17) is 37.0 Å². The second-order valence-corrected chi connectivity index (χ2v) is 29.4. The van der Waals surface area contributed by atoms with Crippen LogP contribution in [0.15, 0.2) is 0 Å². The maximum absolute atomic E-state index is 13.0. The van der Waals surface area contributed by atoms with Crippen molar-refractivity contribution in [2.24, 2.45) is 23.7 Å². The van der Waals surface area contributed by atoms with Gasteiger partial charge in [0.1, 0.15) is 19.3 Å². The molecule has 0 heterocycles. The molecule has 0 fully saturated rings. The number of esters is 4. The van der Waals surface area contributed by atoms with E-state index in [0.717, 1.165) is 120 Å². The normalized spacial score (nSPS) is 15.2. The van der Waals surface area contributed by atoms with Crippen LogP contribution in [0, 0.1) is 23.7 Å². The quantitative estimate of drug-likeness (QED) is 0.0222. The van der Waals surface area contributed by atoms with Gasteiger partial charge in [0, 0.05) is 25.7 Å². The molecule has 0 aliphatic rings. The van der Waals surface area contributed by atoms with Gasteiger partial charge in [-0.2, -0.15) is 0 Å². The van der Waals surface area contributed by atoms with E-state index in [9.17, 15) is 43.2 Å². The molecule has 19 heteroatoms. The van der Waals surface area contributed by atoms with Gasteiger partial charge < -0.3 is 33.8 Å². The largest absolute Gasteiger partial charge is 0.472 e. The van der Waals surface area contributed by atoms with E-state index in [1.54, 1.807) is 0 Å². The fourth-order valence-corrected chi connectivity index (χ4v) is 12.0. The first kappa shape index (κ1) is 87.1. The molecular formula is C70H136O17P2. The minimum atomic E-state index is -4.95. The molecule has 0 rings (SSSR count). The minimum Gasteiger partial charge on any atom is -0.462 e. The summed E-state index contributed by atoms with van der Waals surface area (Å²) in [5, 5.41) is 10.6. The van der Waals surface area contributed by atoms with Crippen LogP contribution in [-0.4, -0.2) is 96.7 Å². The second kappa shape index (κ2) is 59.8. The van der Waals surface area contributed by atoms with Crippen molar-refractivity contribution in [3.05, 3.63) is 0 Å². The van der Waals surface area contributed by atoms with Crippen molar-refractivity contribution >= 4 is 39.5 Å². The van der Waals surface area contributed by atoms with Crippen molar-refractivity contribution in [1.29, 1.82) is 0 Å². The molecule has 17 nitrogen and oxygen atoms in total. The summed E-state index contributed by atoms with van der Waals surface area (Å²) >= 11 is 0. The van der Waals surface area contributed by atoms with Crippen molar-refractivity contribution in [3.63, 3.8) is 0 Å². The van der Waals surface area contributed by atoms with Gasteiger partial charge in [-0.05, 0) is 49.4 Å². The number of rotatable bonds is 67. The molecule has 0 spiro atoms. The Kier molecular flexibility index (Phi) is 58.5. The van der Waals surface area contributed by atoms with Crippen molar-refractivity contribution in [2.75, 3.05) is 39.6 Å². The van der Waals surface area contributed by atoms with Gasteiger partial charge in [0.25, 0.3) is 0 Å². The van der Waals surface area contributed by atoms with Gasteiger partial charge in [-0.25, -0.2) is 9.13 Å². The topological polar surface area (TPSA) is 237 Å². The van der Waals surface area contributed by atoms with Crippen LogP contribution < -0.4 is 0 Å². The standard InChI is InChI=1S/C70H136O17P2/c1-9-61(6)47-39-31-23-18-16-14-12-13-15-17-19-25-36-44-52-69(74)86-65(57-81-68(73)51-43-35-28-26-32-40-48-62(7)10-2)58-84-88(76,77)82-54-64(71)55-83-89(78,79)85-59-66(87-70(75)53-45-37-29-27-33-41-49-63(8)11-3)56-80-67(72)50-42-34-24-21-20-22-30-38-46-60(4)5/h60-66,71H,9-59H2,1-8H3,(H,76,77)(H,78,79)/t61?,62?,63?,64-,65+,66+/m0/s1. The molecule has 0 aliphatic carbocycles. The highest BCUT2D eigenvalue weighted by Crippen LogP contribution is 2.45. The molecule has 0 saturated heterocycles. The Bertz CT molecular complexity index is 1770. The third-order valence-electron chi connectivity index (χ3n) is 17.2. The molecule has 3 N–H and O–H groups in total. The Labute approximate surface area is 543 Å². The van der Waals surface area contributed by atoms with E-state index in [2.05, 4.69) is 55.4 Å². The number of aliphatic hydroxyl groups excluding tert-OH is 1. The first-order chi connectivity index (χ1) is 42.7. The van der Waals surface area contributed by atoms with Gasteiger partial charge in [-0.3, -0.25) is 37.3 Å². The van der Waals surface area contributed by atoms with Crippen molar-refractivity contribution in [2.45, 2.75) is 363 Å². The maximum Gasteiger partial charge on any atom is 0.472 e. The lowest BCUT2D eigenvalue weighted by molar-refractivity contribution is -0.161. The van der Waals surface area contributed by atoms with Crippen molar-refractivity contribution < 1.29 is 80.2 Å². The van der Waals surface area contributed by atoms with Crippen LogP contribution in [0.3, 0.4) is 0 Å². The molecule has 528 valence electrons. The zero-order valence-electron chi connectivity index (χ0n) is 58.1. The number of phosphoric ester groups is 2. The van der Waals surface area contributed by atoms with E-state index in [0.29, 0.717) is 25.7 Å². The van der Waals surface area contributed by atoms with Gasteiger partial charge >= 0.3 is 39.5 Å². The van der Waals surface area contributed by atoms with Gasteiger partial charge in [0.15, 0.2) is 12.2 Å². The van der Waals surface area contributed by atoms with Crippen LogP contribution in [0.25, 0.3) is 0 Å². The number of hydrogen-bond acceptors (Lipinski definition) is 15. The molecule has 89 heavy (non-hydrogen) atoms. The molecule has 5 unspecified atom stereocenters. The Morgan fingerprint density at radius 2 is 0.539 bits per heavy atom. The average molecular weight is 1310 g/mol. The lowest BCUT2D eigenvalue weighted by Crippen LogP contribution is -2.30. The molecule has 0 saturated carbocycles. The van der Waals surface area contributed by atoms with Crippen LogP contribution in [0.2, 0.25) is 0 Å². The van der Waals surface area contributed by atoms with Crippen LogP contribution in [-0.2, 0) is 65.4 Å². The molecule has 0 amide bonds. The summed E-state index contributed by atoms with van der Waals surface area (Å²) in [4.78, 5) is 72.5. The summed E-state index contributed by atoms with van der Waals surface area (Å²) in [6.07, 6.45) is 41.8. The zero-order valence-corrected chi connectivity index (χ0v) is 59.8. The monoisotopic (exact) mass is 1310 g/mol. The summed E-state index contributed by atoms with van der Waals surface area (Å²) in [5.41, 5.74) is 0. The molecular weight excluding hydrogens is 1170 g/mol. The minimum absolute atomic E-state index is 0.102. The van der Waals surface area contributed by atoms with Gasteiger partial charge in [0.2, 0.25) is 0 Å². The van der Waals surface area contributed by atoms with Gasteiger partial charge in [-0.15, -0.1) is 0 Å². The molecule has 8 atom stereocenters. The van der Waals surface area contributed by atoms with Gasteiger partial charge in [-0.1, -0.05) is 293 Å². The smallest absolute Gasteiger partial charge is 0.462 e. The summed E-state index contributed by atoms with van der Waals surface area (Å²) < 4.78 is 68.2. The number of aliphatic hydroxyl groups is 1. The Morgan fingerprint density at radius 1 is 0.315 bits per heavy atom. The number of carbonyl (C=O) groups excluding carboxylic acids is 4. The fourth-order valence-electron chi connectivity index (χ4n) is 10.4. The zero-order chi connectivity index (χ0) is 66.1. The van der Waals surface area contributed by atoms with Gasteiger partial charge in [0.05, 0.1) is 26.4 Å². The maximum atomic E-state index is 13.0. The number of unbranched alkanes of at least 4 members (excludes halogenated alkanes) is 30. The summed E-state index contributed by atoms with van der Waals surface area (Å²) in [5.74, 6) is 0.889. The molecule has 0 aromatic heterocycles. The Morgan fingerprint density at radius 3 is 0.798 bits per heavy atom. The van der Waals surface area contributed by atoms with E-state index in [1.165, 1.54) is 141 Å². The second-order valence-electron chi connectivity index (χ2n) is 26.5. The fraction of sp³-hybridized carbons (Fsp3) is 0.943. The number of ether oxygens (including phenoxy) is 4. The van der Waals surface area contributed by atoms with Crippen LogP contribution in [0.1, 0.15) is 344 Å². The predicted molar refractivity (Wildman–Crippen MR) is 358 cm³/mol. The van der Waals surface area contributed by atoms with E-state index in [1.807, 2.05) is 0 Å². The SMILES string of the molecule is CCC(C)CCCCCCCCCCCCCCCCC(=O)O[C@H](COC(=O)CCCCCCCCC(C)CC)COP(=O)(O)OC[C@H](O)COP(=O)(O)OC[C@@H](COC(=O)CCCCCCCCCCC(C)C)OC(=O)CCCCCCCCC(C)CC. The third-order valence-corrected chi connectivity index (χ3v) is 19.1. The average Bonchev–Trinajstić information content (AvgIpc) is 3.69. The van der Waals surface area contributed by atoms with Crippen LogP contribution >= 0.6 is 15.6 Å². The third kappa shape index (κ3) is 60.7. The van der Waals surface area contributed by atoms with E-state index < -0.39 is 97.5 Å². The summed E-state index contributed by atoms with van der Waals surface area (Å²) in [6.45, 7) is 14.1. The van der Waals surface area contributed by atoms with Crippen LogP contribution in [0.4, 0.5) is 0 Å². The first-order valence-electron chi connectivity index (χ1n) is 36.3. The Balaban J connectivity index is 5.22. The number of carbonyl (C=O) groups is 4. The van der Waals surface area contributed by atoms with E-state index >= 15 is 0 Å². The summed E-state index contributed by atoms with van der Waals surface area (Å²) in [7, 11) is -9.90. The summed E-state index contributed by atoms with van der Waals surface area (Å²) in [6, 6.07) is 0. The predicted octanol–water partition coefficient (Wildman–Crippen LogP) is 19.7. The number of hydrogen-bond donors (Lipinski definition) is 3. The van der Waals surface area contributed by atoms with Crippen LogP contribution in [0.5, 0.6) is 0 Å². The van der Waals surface area contributed by atoms with E-state index in [-0.39, 0.29) is 25.7 Å². The lowest BCUT2D eigenvalue weighted by atomic mass is 9.99. The molecule has 0 bridgehead atoms. The number of phosphoric acid groups is 2. The Hall–Kier alpha value is -1.94. The molecule has 0 aliphatic heterocycles. The highest BCUT2D eigenvalue weighted by atomic mass is 31.2. The highest BCUT2D eigenvalue weighted by molar-refractivity contribution is 7.47. The molecule has 0 aromatic rings. The van der Waals surface area contributed by atoms with Crippen molar-refractivity contribution in [1.82, 2.24) is 0 Å². The lowest BCUT2D eigenvalue weighted by Gasteiger charge is -2.21. The molecule has 0 aromatic carbocycles. The van der Waals surface area contributed by atoms with Crippen molar-refractivity contribution in [3.8, 4) is 0 Å². The first-order valence-corrected chi connectivity index (χ1v) is 39.3. The highest BCUT2D eigenvalue weighted by Gasteiger charge is 2.30.